The van der Waals surface area contributed by atoms with Crippen molar-refractivity contribution >= 4 is 6.29 Å². The Bertz CT molecular complexity index is 284. The van der Waals surface area contributed by atoms with Gasteiger partial charge in [-0.25, -0.2) is 0 Å². The van der Waals surface area contributed by atoms with Crippen LogP contribution < -0.4 is 0 Å². The van der Waals surface area contributed by atoms with Gasteiger partial charge in [-0.05, 0) is 37.5 Å². The second kappa shape index (κ2) is 8.96. The molecule has 0 N–H and O–H groups in total. The fourth-order valence-electron chi connectivity index (χ4n) is 4.84. The van der Waals surface area contributed by atoms with Gasteiger partial charge in [0, 0.05) is 5.41 Å². The largest absolute Gasteiger partial charge is 0.303 e. The summed E-state index contributed by atoms with van der Waals surface area (Å²) in [5.74, 6) is 1.88. The predicted molar refractivity (Wildman–Crippen MR) is 90.4 cm³/mol. The maximum absolute atomic E-state index is 11.7. The van der Waals surface area contributed by atoms with Crippen molar-refractivity contribution in [1.82, 2.24) is 0 Å². The summed E-state index contributed by atoms with van der Waals surface area (Å²) in [6.45, 7) is 2.31. The number of carbonyl (C=O) groups excluding carboxylic acids is 1. The molecule has 0 saturated heterocycles. The molecule has 0 spiro atoms. The highest BCUT2D eigenvalue weighted by Gasteiger charge is 2.33. The molecule has 1 unspecified atom stereocenters. The molecule has 0 bridgehead atoms. The minimum Gasteiger partial charge on any atom is -0.303 e. The molecular weight excluding hydrogens is 256 g/mol. The smallest absolute Gasteiger partial charge is 0.126 e. The molecule has 122 valence electrons. The highest BCUT2D eigenvalue weighted by Crippen LogP contribution is 2.42. The molecule has 0 aliphatic heterocycles. The van der Waals surface area contributed by atoms with Crippen molar-refractivity contribution < 1.29 is 4.79 Å². The molecule has 0 amide bonds. The van der Waals surface area contributed by atoms with Gasteiger partial charge in [0.05, 0.1) is 0 Å². The summed E-state index contributed by atoms with van der Waals surface area (Å²) in [5.41, 5.74) is 0.0668. The van der Waals surface area contributed by atoms with Crippen molar-refractivity contribution in [3.63, 3.8) is 0 Å². The van der Waals surface area contributed by atoms with Crippen LogP contribution in [0.1, 0.15) is 103 Å². The first-order chi connectivity index (χ1) is 10.3. The molecule has 21 heavy (non-hydrogen) atoms. The molecule has 2 aliphatic rings. The number of unbranched alkanes of at least 4 members (excludes halogenated alkanes) is 1. The molecule has 0 heterocycles. The summed E-state index contributed by atoms with van der Waals surface area (Å²) in [6, 6.07) is 0. The van der Waals surface area contributed by atoms with E-state index in [-0.39, 0.29) is 5.41 Å². The van der Waals surface area contributed by atoms with Gasteiger partial charge >= 0.3 is 0 Å². The molecule has 1 nitrogen and oxygen atoms in total. The Morgan fingerprint density at radius 2 is 1.67 bits per heavy atom. The van der Waals surface area contributed by atoms with E-state index in [9.17, 15) is 4.79 Å². The van der Waals surface area contributed by atoms with Gasteiger partial charge in [-0.3, -0.25) is 0 Å². The predicted octanol–water partition coefficient (Wildman–Crippen LogP) is 6.30. The number of hydrogen-bond acceptors (Lipinski definition) is 1. The van der Waals surface area contributed by atoms with E-state index in [1.165, 1.54) is 103 Å². The van der Waals surface area contributed by atoms with Crippen LogP contribution in [0.4, 0.5) is 0 Å². The van der Waals surface area contributed by atoms with Gasteiger partial charge in [0.2, 0.25) is 0 Å². The highest BCUT2D eigenvalue weighted by molar-refractivity contribution is 5.59. The van der Waals surface area contributed by atoms with Crippen LogP contribution in [0.25, 0.3) is 0 Å². The zero-order valence-electron chi connectivity index (χ0n) is 14.2. The zero-order valence-corrected chi connectivity index (χ0v) is 14.2. The van der Waals surface area contributed by atoms with Crippen LogP contribution in [0.2, 0.25) is 0 Å². The Morgan fingerprint density at radius 3 is 2.29 bits per heavy atom. The maximum atomic E-state index is 11.7. The summed E-state index contributed by atoms with van der Waals surface area (Å²) in [5, 5.41) is 0. The quantitative estimate of drug-likeness (QED) is 0.479. The average molecular weight is 293 g/mol. The van der Waals surface area contributed by atoms with E-state index >= 15 is 0 Å². The van der Waals surface area contributed by atoms with Gasteiger partial charge in [0.1, 0.15) is 6.29 Å². The molecule has 0 aromatic heterocycles. The van der Waals surface area contributed by atoms with E-state index in [4.69, 9.17) is 0 Å². The van der Waals surface area contributed by atoms with Gasteiger partial charge in [0.15, 0.2) is 0 Å². The Labute approximate surface area is 132 Å². The van der Waals surface area contributed by atoms with Crippen molar-refractivity contribution in [3.05, 3.63) is 0 Å². The van der Waals surface area contributed by atoms with Gasteiger partial charge in [0.25, 0.3) is 0 Å². The van der Waals surface area contributed by atoms with Crippen molar-refractivity contribution in [2.45, 2.75) is 103 Å². The van der Waals surface area contributed by atoms with Gasteiger partial charge in [-0.2, -0.15) is 0 Å². The first kappa shape index (κ1) is 17.0. The zero-order chi connectivity index (χ0) is 15.0. The molecular formula is C20H36O. The van der Waals surface area contributed by atoms with Crippen molar-refractivity contribution in [1.29, 1.82) is 0 Å². The lowest BCUT2D eigenvalue weighted by Gasteiger charge is -2.36. The highest BCUT2D eigenvalue weighted by atomic mass is 16.1. The van der Waals surface area contributed by atoms with E-state index in [0.29, 0.717) is 0 Å². The molecule has 2 fully saturated rings. The van der Waals surface area contributed by atoms with Gasteiger partial charge < -0.3 is 4.79 Å². The second-order valence-corrected chi connectivity index (χ2v) is 7.88. The second-order valence-electron chi connectivity index (χ2n) is 7.88. The lowest BCUT2D eigenvalue weighted by molar-refractivity contribution is -0.118. The molecule has 2 aliphatic carbocycles. The summed E-state index contributed by atoms with van der Waals surface area (Å²) in [7, 11) is 0. The van der Waals surface area contributed by atoms with E-state index < -0.39 is 0 Å². The van der Waals surface area contributed by atoms with Gasteiger partial charge in [-0.1, -0.05) is 77.6 Å². The summed E-state index contributed by atoms with van der Waals surface area (Å²) < 4.78 is 0. The third-order valence-corrected chi connectivity index (χ3v) is 6.36. The molecule has 2 saturated carbocycles. The number of hydrogen-bond donors (Lipinski definition) is 0. The van der Waals surface area contributed by atoms with Crippen LogP contribution in [0.5, 0.6) is 0 Å². The SMILES string of the molecule is CCCCC(CCC1(C=O)CCCCC1)C1CCCCC1. The Hall–Kier alpha value is -0.330. The standard InChI is InChI=1S/C20H36O/c1-2-3-10-19(18-11-6-4-7-12-18)13-16-20(17-21)14-8-5-9-15-20/h17-19H,2-16H2,1H3. The van der Waals surface area contributed by atoms with Crippen LogP contribution in [0.3, 0.4) is 0 Å². The summed E-state index contributed by atoms with van der Waals surface area (Å²) >= 11 is 0. The number of carbonyl (C=O) groups is 1. The van der Waals surface area contributed by atoms with Crippen molar-refractivity contribution in [2.75, 3.05) is 0 Å². The van der Waals surface area contributed by atoms with Crippen molar-refractivity contribution in [2.24, 2.45) is 17.3 Å². The van der Waals surface area contributed by atoms with Crippen LogP contribution in [0, 0.1) is 17.3 Å². The Morgan fingerprint density at radius 1 is 1.00 bits per heavy atom. The van der Waals surface area contributed by atoms with E-state index in [0.717, 1.165) is 11.8 Å². The first-order valence-electron chi connectivity index (χ1n) is 9.76. The van der Waals surface area contributed by atoms with Crippen LogP contribution in [-0.4, -0.2) is 6.29 Å². The maximum Gasteiger partial charge on any atom is 0.126 e. The van der Waals surface area contributed by atoms with Crippen LogP contribution in [0.15, 0.2) is 0 Å². The van der Waals surface area contributed by atoms with Crippen LogP contribution >= 0.6 is 0 Å². The number of aldehydes is 1. The van der Waals surface area contributed by atoms with Gasteiger partial charge in [-0.15, -0.1) is 0 Å². The topological polar surface area (TPSA) is 17.1 Å². The molecule has 1 atom stereocenters. The van der Waals surface area contributed by atoms with Crippen LogP contribution in [-0.2, 0) is 4.79 Å². The molecule has 0 aromatic carbocycles. The minimum absolute atomic E-state index is 0.0668. The minimum atomic E-state index is 0.0668. The Balaban J connectivity index is 1.88. The molecule has 2 rings (SSSR count). The number of rotatable bonds is 8. The summed E-state index contributed by atoms with van der Waals surface area (Å²) in [4.78, 5) is 11.7. The normalized spacial score (nSPS) is 24.6. The third kappa shape index (κ3) is 5.11. The fourth-order valence-corrected chi connectivity index (χ4v) is 4.84. The molecule has 0 aromatic rings. The van der Waals surface area contributed by atoms with E-state index in [1.54, 1.807) is 0 Å². The summed E-state index contributed by atoms with van der Waals surface area (Å²) in [6.07, 6.45) is 21.5. The van der Waals surface area contributed by atoms with E-state index in [1.807, 2.05) is 0 Å². The third-order valence-electron chi connectivity index (χ3n) is 6.36. The molecule has 0 radical (unpaired) electrons. The monoisotopic (exact) mass is 292 g/mol. The lowest BCUT2D eigenvalue weighted by atomic mass is 9.68. The Kier molecular flexibility index (Phi) is 7.26. The lowest BCUT2D eigenvalue weighted by Crippen LogP contribution is -2.28. The fraction of sp³-hybridized carbons (Fsp3) is 0.950. The van der Waals surface area contributed by atoms with E-state index in [2.05, 4.69) is 6.92 Å². The van der Waals surface area contributed by atoms with Crippen molar-refractivity contribution in [3.8, 4) is 0 Å². The first-order valence-corrected chi connectivity index (χ1v) is 9.76. The average Bonchev–Trinajstić information content (AvgIpc) is 2.56. The molecule has 1 heteroatoms.